The topological polar surface area (TPSA) is 58.6 Å². The number of likely N-dealkylation sites (N-methyl/N-ethyl adjacent to an activating group) is 1. The Morgan fingerprint density at radius 3 is 2.50 bits per heavy atom. The van der Waals surface area contributed by atoms with Gasteiger partial charge in [0, 0.05) is 11.6 Å². The highest BCUT2D eigenvalue weighted by molar-refractivity contribution is 7.91. The summed E-state index contributed by atoms with van der Waals surface area (Å²) in [4.78, 5) is 2.22. The van der Waals surface area contributed by atoms with Crippen molar-refractivity contribution in [2.24, 2.45) is 0 Å². The summed E-state index contributed by atoms with van der Waals surface area (Å²) in [7, 11) is 2.34. The lowest BCUT2D eigenvalue weighted by molar-refractivity contribution is 0.265. The van der Waals surface area contributed by atoms with Crippen molar-refractivity contribution >= 4 is 15.7 Å². The molecule has 0 saturated carbocycles. The van der Waals surface area contributed by atoms with E-state index in [9.17, 15) is 8.42 Å². The van der Waals surface area contributed by atoms with Gasteiger partial charge in [-0.2, -0.15) is 0 Å². The average molecular weight is 375 g/mol. The molecule has 0 amide bonds. The molecule has 0 radical (unpaired) electrons. The molecule has 5 nitrogen and oxygen atoms in total. The summed E-state index contributed by atoms with van der Waals surface area (Å²) in [6, 6.07) is 13.3. The third-order valence-corrected chi connectivity index (χ3v) is 6.21. The van der Waals surface area contributed by atoms with Gasteiger partial charge in [-0.15, -0.1) is 0 Å². The molecule has 6 heteroatoms. The number of nitrogens with zero attached hydrogens (tertiary/aromatic N) is 1. The second kappa shape index (κ2) is 7.68. The molecule has 0 spiro atoms. The van der Waals surface area contributed by atoms with Crippen LogP contribution in [0.4, 0.5) is 5.69 Å². The SMILES string of the molecule is COc1ccc(NS(=O)(=O)Cc2ccccc2)c2c1C[C@@H](N(C)C)CC2. The second-order valence-electron chi connectivity index (χ2n) is 6.98. The van der Waals surface area contributed by atoms with Gasteiger partial charge < -0.3 is 9.64 Å². The Hall–Kier alpha value is -2.05. The van der Waals surface area contributed by atoms with Crippen molar-refractivity contribution in [1.82, 2.24) is 4.90 Å². The smallest absolute Gasteiger partial charge is 0.236 e. The summed E-state index contributed by atoms with van der Waals surface area (Å²) in [5, 5.41) is 0. The lowest BCUT2D eigenvalue weighted by atomic mass is 9.86. The zero-order valence-electron chi connectivity index (χ0n) is 15.5. The van der Waals surface area contributed by atoms with Crippen molar-refractivity contribution in [3.8, 4) is 5.75 Å². The van der Waals surface area contributed by atoms with Crippen LogP contribution in [0.25, 0.3) is 0 Å². The van der Waals surface area contributed by atoms with Crippen molar-refractivity contribution in [2.45, 2.75) is 31.1 Å². The maximum Gasteiger partial charge on any atom is 0.236 e. The highest BCUT2D eigenvalue weighted by atomic mass is 32.2. The number of nitrogens with one attached hydrogen (secondary N) is 1. The third-order valence-electron chi connectivity index (χ3n) is 4.97. The molecule has 0 aliphatic heterocycles. The number of hydrogen-bond acceptors (Lipinski definition) is 4. The van der Waals surface area contributed by atoms with E-state index in [-0.39, 0.29) is 5.75 Å². The van der Waals surface area contributed by atoms with Gasteiger partial charge in [0.15, 0.2) is 0 Å². The Kier molecular flexibility index (Phi) is 5.53. The van der Waals surface area contributed by atoms with Crippen LogP contribution in [0, 0.1) is 0 Å². The van der Waals surface area contributed by atoms with Gasteiger partial charge in [-0.1, -0.05) is 30.3 Å². The first-order valence-corrected chi connectivity index (χ1v) is 10.4. The van der Waals surface area contributed by atoms with E-state index in [1.54, 1.807) is 7.11 Å². The van der Waals surface area contributed by atoms with Gasteiger partial charge in [-0.05, 0) is 56.6 Å². The minimum absolute atomic E-state index is 0.0328. The third kappa shape index (κ3) is 4.19. The normalized spacial score (nSPS) is 17.0. The molecule has 26 heavy (non-hydrogen) atoms. The summed E-state index contributed by atoms with van der Waals surface area (Å²) in [5.74, 6) is 0.798. The van der Waals surface area contributed by atoms with E-state index in [1.807, 2.05) is 42.5 Å². The predicted octanol–water partition coefficient (Wildman–Crippen LogP) is 3.06. The molecule has 1 aliphatic carbocycles. The fraction of sp³-hybridized carbons (Fsp3) is 0.400. The van der Waals surface area contributed by atoms with Crippen LogP contribution in [0.15, 0.2) is 42.5 Å². The van der Waals surface area contributed by atoms with Crippen LogP contribution in [0.2, 0.25) is 0 Å². The van der Waals surface area contributed by atoms with Crippen molar-refractivity contribution in [3.63, 3.8) is 0 Å². The number of benzene rings is 2. The van der Waals surface area contributed by atoms with Gasteiger partial charge in [0.05, 0.1) is 18.6 Å². The van der Waals surface area contributed by atoms with Crippen molar-refractivity contribution in [2.75, 3.05) is 25.9 Å². The molecule has 2 aromatic rings. The summed E-state index contributed by atoms with van der Waals surface area (Å²) < 4.78 is 33.6. The first kappa shape index (κ1) is 18.7. The minimum Gasteiger partial charge on any atom is -0.496 e. The van der Waals surface area contributed by atoms with E-state index in [4.69, 9.17) is 4.74 Å². The van der Waals surface area contributed by atoms with E-state index in [0.29, 0.717) is 11.7 Å². The first-order chi connectivity index (χ1) is 12.4. The minimum atomic E-state index is -3.47. The van der Waals surface area contributed by atoms with Crippen molar-refractivity contribution in [3.05, 3.63) is 59.2 Å². The molecule has 0 heterocycles. The Morgan fingerprint density at radius 2 is 1.85 bits per heavy atom. The highest BCUT2D eigenvalue weighted by Gasteiger charge is 2.26. The van der Waals surface area contributed by atoms with E-state index in [0.717, 1.165) is 41.7 Å². The standard InChI is InChI=1S/C20H26N2O3S/c1-22(2)16-9-10-17-18(13-16)20(25-3)12-11-19(17)21-26(23,24)14-15-7-5-4-6-8-15/h4-8,11-12,16,21H,9-10,13-14H2,1-3H3/t16-/m0/s1. The summed E-state index contributed by atoms with van der Waals surface area (Å²) in [6.45, 7) is 0. The van der Waals surface area contributed by atoms with Crippen molar-refractivity contribution in [1.29, 1.82) is 0 Å². The molecular weight excluding hydrogens is 348 g/mol. The van der Waals surface area contributed by atoms with E-state index in [2.05, 4.69) is 23.7 Å². The second-order valence-corrected chi connectivity index (χ2v) is 8.70. The molecule has 1 aliphatic rings. The van der Waals surface area contributed by atoms with Crippen LogP contribution in [-0.2, 0) is 28.6 Å². The number of fused-ring (bicyclic) bond motifs is 1. The number of sulfonamides is 1. The molecular formula is C20H26N2O3S. The highest BCUT2D eigenvalue weighted by Crippen LogP contribution is 2.36. The van der Waals surface area contributed by atoms with Crippen LogP contribution in [0.5, 0.6) is 5.75 Å². The fourth-order valence-corrected chi connectivity index (χ4v) is 4.78. The largest absolute Gasteiger partial charge is 0.496 e. The Morgan fingerprint density at radius 1 is 1.12 bits per heavy atom. The van der Waals surface area contributed by atoms with Crippen LogP contribution < -0.4 is 9.46 Å². The Labute approximate surface area is 156 Å². The maximum atomic E-state index is 12.6. The molecule has 1 N–H and O–H groups in total. The molecule has 0 unspecified atom stereocenters. The molecule has 1 atom stereocenters. The lowest BCUT2D eigenvalue weighted by Gasteiger charge is -2.32. The van der Waals surface area contributed by atoms with Gasteiger partial charge >= 0.3 is 0 Å². The maximum absolute atomic E-state index is 12.6. The molecule has 3 rings (SSSR count). The van der Waals surface area contributed by atoms with E-state index < -0.39 is 10.0 Å². The Balaban J connectivity index is 1.88. The van der Waals surface area contributed by atoms with Gasteiger partial charge in [0.25, 0.3) is 0 Å². The van der Waals surface area contributed by atoms with Crippen molar-refractivity contribution < 1.29 is 13.2 Å². The summed E-state index contributed by atoms with van der Waals surface area (Å²) >= 11 is 0. The summed E-state index contributed by atoms with van der Waals surface area (Å²) in [5.41, 5.74) is 3.61. The number of anilines is 1. The predicted molar refractivity (Wildman–Crippen MR) is 105 cm³/mol. The van der Waals surface area contributed by atoms with Gasteiger partial charge in [-0.3, -0.25) is 4.72 Å². The molecule has 0 bridgehead atoms. The van der Waals surface area contributed by atoms with Crippen LogP contribution in [-0.4, -0.2) is 40.6 Å². The quantitative estimate of drug-likeness (QED) is 0.844. The zero-order valence-corrected chi connectivity index (χ0v) is 16.3. The number of ether oxygens (including phenoxy) is 1. The van der Waals surface area contributed by atoms with Gasteiger partial charge in [0.1, 0.15) is 5.75 Å². The fourth-order valence-electron chi connectivity index (χ4n) is 3.55. The summed E-state index contributed by atoms with van der Waals surface area (Å²) in [6.07, 6.45) is 2.69. The zero-order chi connectivity index (χ0) is 18.7. The molecule has 2 aromatic carbocycles. The van der Waals surface area contributed by atoms with Crippen LogP contribution in [0.3, 0.4) is 0 Å². The molecule has 0 fully saturated rings. The van der Waals surface area contributed by atoms with Gasteiger partial charge in [-0.25, -0.2) is 8.42 Å². The molecule has 0 saturated heterocycles. The van der Waals surface area contributed by atoms with Crippen LogP contribution >= 0.6 is 0 Å². The van der Waals surface area contributed by atoms with E-state index in [1.165, 1.54) is 0 Å². The Bertz CT molecular complexity index is 864. The lowest BCUT2D eigenvalue weighted by Crippen LogP contribution is -2.34. The first-order valence-electron chi connectivity index (χ1n) is 8.79. The number of hydrogen-bond donors (Lipinski definition) is 1. The van der Waals surface area contributed by atoms with E-state index >= 15 is 0 Å². The number of methoxy groups -OCH3 is 1. The molecule has 140 valence electrons. The average Bonchev–Trinajstić information content (AvgIpc) is 2.61. The monoisotopic (exact) mass is 374 g/mol. The van der Waals surface area contributed by atoms with Crippen LogP contribution in [0.1, 0.15) is 23.1 Å². The molecule has 0 aromatic heterocycles. The van der Waals surface area contributed by atoms with Gasteiger partial charge in [0.2, 0.25) is 10.0 Å². The number of rotatable bonds is 6.